The molecule has 2 aromatic heterocycles. The number of fused-ring (bicyclic) bond motifs is 1. The number of halogens is 1. The molecule has 0 aliphatic carbocycles. The lowest BCUT2D eigenvalue weighted by Crippen LogP contribution is -2.15. The van der Waals surface area contributed by atoms with E-state index in [1.165, 1.54) is 11.3 Å². The molecule has 0 radical (unpaired) electrons. The Bertz CT molecular complexity index is 1160. The third-order valence-electron chi connectivity index (χ3n) is 3.79. The lowest BCUT2D eigenvalue weighted by atomic mass is 10.1. The molecule has 0 aliphatic rings. The van der Waals surface area contributed by atoms with Crippen molar-refractivity contribution in [3.63, 3.8) is 0 Å². The lowest BCUT2D eigenvalue weighted by molar-refractivity contribution is 0.0736. The van der Waals surface area contributed by atoms with E-state index in [0.29, 0.717) is 26.4 Å². The predicted molar refractivity (Wildman–Crippen MR) is 102 cm³/mol. The van der Waals surface area contributed by atoms with Crippen molar-refractivity contribution in [1.29, 1.82) is 0 Å². The van der Waals surface area contributed by atoms with Gasteiger partial charge in [0.25, 0.3) is 0 Å². The SMILES string of the molecule is O=C(Oc1c(-c2ccccc2Cl)oc2ccccc2c1=O)c1cccs1. The molecule has 0 amide bonds. The van der Waals surface area contributed by atoms with Crippen LogP contribution < -0.4 is 10.2 Å². The van der Waals surface area contributed by atoms with Crippen LogP contribution in [0.15, 0.2) is 75.3 Å². The molecule has 0 aliphatic heterocycles. The van der Waals surface area contributed by atoms with Gasteiger partial charge in [-0.25, -0.2) is 4.79 Å². The second kappa shape index (κ2) is 6.78. The molecular weight excluding hydrogens is 372 g/mol. The highest BCUT2D eigenvalue weighted by Gasteiger charge is 2.22. The number of carbonyl (C=O) groups excluding carboxylic acids is 1. The van der Waals surface area contributed by atoms with Crippen molar-refractivity contribution in [1.82, 2.24) is 0 Å². The van der Waals surface area contributed by atoms with E-state index in [1.807, 2.05) is 0 Å². The summed E-state index contributed by atoms with van der Waals surface area (Å²) in [5.41, 5.74) is 0.445. The number of para-hydroxylation sites is 1. The van der Waals surface area contributed by atoms with Crippen LogP contribution in [0.2, 0.25) is 5.02 Å². The Balaban J connectivity index is 1.96. The standard InChI is InChI=1S/C20H11ClO4S/c21-14-8-3-1-6-12(14)18-19(25-20(23)16-10-5-11-26-16)17(22)13-7-2-4-9-15(13)24-18/h1-11H. The zero-order valence-corrected chi connectivity index (χ0v) is 14.8. The number of esters is 1. The van der Waals surface area contributed by atoms with E-state index in [1.54, 1.807) is 66.0 Å². The molecule has 0 fully saturated rings. The van der Waals surface area contributed by atoms with Crippen LogP contribution in [0.5, 0.6) is 5.75 Å². The van der Waals surface area contributed by atoms with E-state index in [-0.39, 0.29) is 11.5 Å². The maximum atomic E-state index is 13.0. The molecule has 4 rings (SSSR count). The Morgan fingerprint density at radius 3 is 2.54 bits per heavy atom. The lowest BCUT2D eigenvalue weighted by Gasteiger charge is -2.11. The Kier molecular flexibility index (Phi) is 4.32. The van der Waals surface area contributed by atoms with Crippen molar-refractivity contribution in [2.24, 2.45) is 0 Å². The van der Waals surface area contributed by atoms with E-state index in [9.17, 15) is 9.59 Å². The molecule has 2 heterocycles. The Labute approximate surface area is 157 Å². The molecule has 26 heavy (non-hydrogen) atoms. The first-order chi connectivity index (χ1) is 12.6. The molecule has 6 heteroatoms. The molecule has 128 valence electrons. The third kappa shape index (κ3) is 2.92. The number of rotatable bonds is 3. The van der Waals surface area contributed by atoms with Crippen molar-refractivity contribution >= 4 is 39.9 Å². The van der Waals surface area contributed by atoms with E-state index in [0.717, 1.165) is 0 Å². The van der Waals surface area contributed by atoms with Gasteiger partial charge in [0, 0.05) is 5.56 Å². The Hall–Kier alpha value is -2.89. The zero-order valence-electron chi connectivity index (χ0n) is 13.3. The maximum absolute atomic E-state index is 13.0. The van der Waals surface area contributed by atoms with Crippen LogP contribution in [-0.2, 0) is 0 Å². The summed E-state index contributed by atoms with van der Waals surface area (Å²) in [5.74, 6) is -0.657. The van der Waals surface area contributed by atoms with Gasteiger partial charge >= 0.3 is 5.97 Å². The van der Waals surface area contributed by atoms with Gasteiger partial charge in [0.15, 0.2) is 5.76 Å². The highest BCUT2D eigenvalue weighted by atomic mass is 35.5. The summed E-state index contributed by atoms with van der Waals surface area (Å²) in [7, 11) is 0. The quantitative estimate of drug-likeness (QED) is 0.445. The topological polar surface area (TPSA) is 56.5 Å². The fourth-order valence-corrected chi connectivity index (χ4v) is 3.40. The van der Waals surface area contributed by atoms with Crippen molar-refractivity contribution in [3.05, 3.63) is 86.2 Å². The summed E-state index contributed by atoms with van der Waals surface area (Å²) in [5, 5.41) is 2.48. The molecular formula is C20H11ClO4S. The number of hydrogen-bond donors (Lipinski definition) is 0. The van der Waals surface area contributed by atoms with Gasteiger partial charge in [0.05, 0.1) is 10.4 Å². The largest absolute Gasteiger partial charge is 0.452 e. The molecule has 0 saturated heterocycles. The van der Waals surface area contributed by atoms with Crippen molar-refractivity contribution < 1.29 is 13.9 Å². The molecule has 2 aromatic carbocycles. The van der Waals surface area contributed by atoms with Gasteiger partial charge in [-0.05, 0) is 35.7 Å². The summed E-state index contributed by atoms with van der Waals surface area (Å²) in [6, 6.07) is 17.1. The first-order valence-electron chi connectivity index (χ1n) is 7.71. The molecule has 4 nitrogen and oxygen atoms in total. The summed E-state index contributed by atoms with van der Waals surface area (Å²) in [6.45, 7) is 0. The summed E-state index contributed by atoms with van der Waals surface area (Å²) in [4.78, 5) is 25.8. The van der Waals surface area contributed by atoms with E-state index >= 15 is 0 Å². The van der Waals surface area contributed by atoms with Gasteiger partial charge in [-0.3, -0.25) is 4.79 Å². The van der Waals surface area contributed by atoms with Crippen LogP contribution in [-0.4, -0.2) is 5.97 Å². The van der Waals surface area contributed by atoms with Gasteiger partial charge < -0.3 is 9.15 Å². The summed E-state index contributed by atoms with van der Waals surface area (Å²) < 4.78 is 11.3. The average Bonchev–Trinajstić information content (AvgIpc) is 3.19. The van der Waals surface area contributed by atoms with Crippen LogP contribution in [0.25, 0.3) is 22.3 Å². The van der Waals surface area contributed by atoms with E-state index < -0.39 is 11.4 Å². The predicted octanol–water partition coefficient (Wildman–Crippen LogP) is 5.39. The maximum Gasteiger partial charge on any atom is 0.353 e. The Morgan fingerprint density at radius 2 is 1.77 bits per heavy atom. The minimum Gasteiger partial charge on any atom is -0.452 e. The average molecular weight is 383 g/mol. The second-order valence-electron chi connectivity index (χ2n) is 5.43. The molecule has 0 saturated carbocycles. The van der Waals surface area contributed by atoms with Gasteiger partial charge in [-0.2, -0.15) is 0 Å². The summed E-state index contributed by atoms with van der Waals surface area (Å²) >= 11 is 7.50. The molecule has 0 N–H and O–H groups in total. The first kappa shape index (κ1) is 16.6. The number of benzene rings is 2. The van der Waals surface area contributed by atoms with Gasteiger partial charge in [0.2, 0.25) is 11.2 Å². The van der Waals surface area contributed by atoms with Gasteiger partial charge in [0.1, 0.15) is 10.5 Å². The number of hydrogen-bond acceptors (Lipinski definition) is 5. The molecule has 0 atom stereocenters. The van der Waals surface area contributed by atoms with Crippen LogP contribution in [0.3, 0.4) is 0 Å². The Morgan fingerprint density at radius 1 is 1.00 bits per heavy atom. The molecule has 0 spiro atoms. The van der Waals surface area contributed by atoms with Crippen LogP contribution in [0, 0.1) is 0 Å². The first-order valence-corrected chi connectivity index (χ1v) is 8.97. The van der Waals surface area contributed by atoms with Crippen LogP contribution >= 0.6 is 22.9 Å². The number of carbonyl (C=O) groups is 1. The monoisotopic (exact) mass is 382 g/mol. The van der Waals surface area contributed by atoms with Crippen LogP contribution in [0.4, 0.5) is 0 Å². The van der Waals surface area contributed by atoms with E-state index in [2.05, 4.69) is 0 Å². The normalized spacial score (nSPS) is 10.8. The number of thiophene rings is 1. The smallest absolute Gasteiger partial charge is 0.353 e. The molecule has 4 aromatic rings. The minimum absolute atomic E-state index is 0.129. The van der Waals surface area contributed by atoms with Crippen LogP contribution in [0.1, 0.15) is 9.67 Å². The van der Waals surface area contributed by atoms with Crippen molar-refractivity contribution in [2.45, 2.75) is 0 Å². The van der Waals surface area contributed by atoms with Gasteiger partial charge in [-0.15, -0.1) is 11.3 Å². The zero-order chi connectivity index (χ0) is 18.1. The third-order valence-corrected chi connectivity index (χ3v) is 4.97. The van der Waals surface area contributed by atoms with Crippen molar-refractivity contribution in [2.75, 3.05) is 0 Å². The minimum atomic E-state index is -0.615. The fraction of sp³-hybridized carbons (Fsp3) is 0. The van der Waals surface area contributed by atoms with E-state index in [4.69, 9.17) is 20.8 Å². The summed E-state index contributed by atoms with van der Waals surface area (Å²) in [6.07, 6.45) is 0. The highest BCUT2D eigenvalue weighted by molar-refractivity contribution is 7.12. The number of ether oxygens (including phenoxy) is 1. The second-order valence-corrected chi connectivity index (χ2v) is 6.79. The molecule has 0 unspecified atom stereocenters. The van der Waals surface area contributed by atoms with Crippen molar-refractivity contribution in [3.8, 4) is 17.1 Å². The van der Waals surface area contributed by atoms with Gasteiger partial charge in [-0.1, -0.05) is 41.9 Å². The highest BCUT2D eigenvalue weighted by Crippen LogP contribution is 2.35. The molecule has 0 bridgehead atoms. The fourth-order valence-electron chi connectivity index (χ4n) is 2.58.